The molecule has 1 aliphatic rings. The number of hydrogen-bond acceptors (Lipinski definition) is 2. The standard InChI is InChI=1S/C15H11FO2/c16-11-6-7-14-12(8-11)13(17)9-15(18-14)10-4-2-1-3-5-10/h1-8,15H,9H2/t15-/m0/s1. The highest BCUT2D eigenvalue weighted by molar-refractivity contribution is 6.00. The van der Waals surface area contributed by atoms with Crippen LogP contribution in [-0.2, 0) is 0 Å². The van der Waals surface area contributed by atoms with Crippen LogP contribution in [0.4, 0.5) is 4.39 Å². The Bertz CT molecular complexity index is 593. The lowest BCUT2D eigenvalue weighted by Crippen LogP contribution is -2.20. The van der Waals surface area contributed by atoms with Crippen LogP contribution in [-0.4, -0.2) is 5.78 Å². The molecule has 0 N–H and O–H groups in total. The maximum atomic E-state index is 13.1. The van der Waals surface area contributed by atoms with Crippen molar-refractivity contribution in [3.8, 4) is 5.75 Å². The monoisotopic (exact) mass is 242 g/mol. The van der Waals surface area contributed by atoms with Gasteiger partial charge in [-0.2, -0.15) is 0 Å². The van der Waals surface area contributed by atoms with Gasteiger partial charge in [0.25, 0.3) is 0 Å². The SMILES string of the molecule is O=C1C[C@@H](c2ccccc2)Oc2ccc(F)cc21. The van der Waals surface area contributed by atoms with Crippen LogP contribution in [0.15, 0.2) is 48.5 Å². The summed E-state index contributed by atoms with van der Waals surface area (Å²) < 4.78 is 18.8. The van der Waals surface area contributed by atoms with E-state index in [0.29, 0.717) is 11.3 Å². The van der Waals surface area contributed by atoms with Crippen LogP contribution in [0.2, 0.25) is 0 Å². The molecule has 2 nitrogen and oxygen atoms in total. The molecule has 0 amide bonds. The zero-order valence-corrected chi connectivity index (χ0v) is 9.60. The molecule has 0 aliphatic carbocycles. The highest BCUT2D eigenvalue weighted by Gasteiger charge is 2.27. The van der Waals surface area contributed by atoms with Gasteiger partial charge in [0.05, 0.1) is 12.0 Å². The molecule has 0 saturated heterocycles. The van der Waals surface area contributed by atoms with Crippen molar-refractivity contribution in [3.63, 3.8) is 0 Å². The van der Waals surface area contributed by atoms with E-state index in [1.165, 1.54) is 18.2 Å². The Morgan fingerprint density at radius 1 is 1.11 bits per heavy atom. The van der Waals surface area contributed by atoms with Crippen molar-refractivity contribution >= 4 is 5.78 Å². The van der Waals surface area contributed by atoms with Gasteiger partial charge in [0.1, 0.15) is 17.7 Å². The quantitative estimate of drug-likeness (QED) is 0.764. The number of carbonyl (C=O) groups is 1. The van der Waals surface area contributed by atoms with E-state index in [2.05, 4.69) is 0 Å². The van der Waals surface area contributed by atoms with Gasteiger partial charge < -0.3 is 4.74 Å². The zero-order chi connectivity index (χ0) is 12.5. The predicted octanol–water partition coefficient (Wildman–Crippen LogP) is 3.53. The van der Waals surface area contributed by atoms with Gasteiger partial charge in [0.15, 0.2) is 5.78 Å². The minimum absolute atomic E-state index is 0.0791. The number of Topliss-reactive ketones (excluding diaryl/α,β-unsaturated/α-hetero) is 1. The van der Waals surface area contributed by atoms with Crippen LogP contribution in [0, 0.1) is 5.82 Å². The third-order valence-electron chi connectivity index (χ3n) is 3.05. The largest absolute Gasteiger partial charge is 0.484 e. The van der Waals surface area contributed by atoms with E-state index < -0.39 is 5.82 Å². The van der Waals surface area contributed by atoms with Crippen molar-refractivity contribution in [1.29, 1.82) is 0 Å². The molecule has 1 heterocycles. The summed E-state index contributed by atoms with van der Waals surface area (Å²) in [7, 11) is 0. The molecule has 3 rings (SSSR count). The van der Waals surface area contributed by atoms with Crippen molar-refractivity contribution in [2.24, 2.45) is 0 Å². The molecule has 18 heavy (non-hydrogen) atoms. The third kappa shape index (κ3) is 1.88. The highest BCUT2D eigenvalue weighted by atomic mass is 19.1. The number of benzene rings is 2. The van der Waals surface area contributed by atoms with E-state index in [9.17, 15) is 9.18 Å². The highest BCUT2D eigenvalue weighted by Crippen LogP contribution is 2.34. The van der Waals surface area contributed by atoms with Crippen LogP contribution >= 0.6 is 0 Å². The number of rotatable bonds is 1. The van der Waals surface area contributed by atoms with Gasteiger partial charge in [0, 0.05) is 0 Å². The van der Waals surface area contributed by atoms with Crippen molar-refractivity contribution in [2.45, 2.75) is 12.5 Å². The maximum Gasteiger partial charge on any atom is 0.170 e. The summed E-state index contributed by atoms with van der Waals surface area (Å²) in [5, 5.41) is 0. The Morgan fingerprint density at radius 3 is 2.67 bits per heavy atom. The molecule has 0 unspecified atom stereocenters. The molecule has 0 spiro atoms. The molecule has 0 bridgehead atoms. The van der Waals surface area contributed by atoms with Crippen molar-refractivity contribution in [3.05, 3.63) is 65.5 Å². The van der Waals surface area contributed by atoms with Gasteiger partial charge in [-0.25, -0.2) is 4.39 Å². The molecule has 0 radical (unpaired) electrons. The Hall–Kier alpha value is -2.16. The topological polar surface area (TPSA) is 26.3 Å². The molecule has 0 aromatic heterocycles. The minimum Gasteiger partial charge on any atom is -0.484 e. The lowest BCUT2D eigenvalue weighted by molar-refractivity contribution is 0.0849. The summed E-state index contributed by atoms with van der Waals surface area (Å²) in [5.41, 5.74) is 1.29. The van der Waals surface area contributed by atoms with Gasteiger partial charge in [0.2, 0.25) is 0 Å². The molecule has 3 heteroatoms. The van der Waals surface area contributed by atoms with Gasteiger partial charge in [-0.1, -0.05) is 30.3 Å². The first-order chi connectivity index (χ1) is 8.74. The lowest BCUT2D eigenvalue weighted by Gasteiger charge is -2.25. The Kier molecular flexibility index (Phi) is 2.59. The molecule has 0 fully saturated rings. The number of halogens is 1. The summed E-state index contributed by atoms with van der Waals surface area (Å²) in [6.45, 7) is 0. The van der Waals surface area contributed by atoms with Gasteiger partial charge >= 0.3 is 0 Å². The predicted molar refractivity (Wildman–Crippen MR) is 65.2 cm³/mol. The molecule has 0 saturated carbocycles. The average Bonchev–Trinajstić information content (AvgIpc) is 2.40. The van der Waals surface area contributed by atoms with E-state index in [-0.39, 0.29) is 18.3 Å². The Labute approximate surface area is 104 Å². The van der Waals surface area contributed by atoms with Crippen LogP contribution < -0.4 is 4.74 Å². The molecule has 2 aromatic rings. The second-order valence-corrected chi connectivity index (χ2v) is 4.28. The second kappa shape index (κ2) is 4.26. The second-order valence-electron chi connectivity index (χ2n) is 4.28. The van der Waals surface area contributed by atoms with Gasteiger partial charge in [-0.3, -0.25) is 4.79 Å². The number of hydrogen-bond donors (Lipinski definition) is 0. The molecular weight excluding hydrogens is 231 g/mol. The normalized spacial score (nSPS) is 18.1. The number of ketones is 1. The Balaban J connectivity index is 1.97. The van der Waals surface area contributed by atoms with Crippen LogP contribution in [0.1, 0.15) is 28.4 Å². The minimum atomic E-state index is -0.413. The molecule has 1 atom stereocenters. The van der Waals surface area contributed by atoms with E-state index in [4.69, 9.17) is 4.74 Å². The van der Waals surface area contributed by atoms with Gasteiger partial charge in [-0.15, -0.1) is 0 Å². The van der Waals surface area contributed by atoms with Crippen molar-refractivity contribution in [1.82, 2.24) is 0 Å². The summed E-state index contributed by atoms with van der Waals surface area (Å²) in [6, 6.07) is 13.6. The van der Waals surface area contributed by atoms with Crippen LogP contribution in [0.25, 0.3) is 0 Å². The van der Waals surface area contributed by atoms with E-state index >= 15 is 0 Å². The first-order valence-corrected chi connectivity index (χ1v) is 5.78. The van der Waals surface area contributed by atoms with E-state index in [1.54, 1.807) is 0 Å². The number of ether oxygens (including phenoxy) is 1. The fourth-order valence-corrected chi connectivity index (χ4v) is 2.15. The summed E-state index contributed by atoms with van der Waals surface area (Å²) in [6.07, 6.45) is -0.0304. The average molecular weight is 242 g/mol. The molecule has 1 aliphatic heterocycles. The summed E-state index contributed by atoms with van der Waals surface area (Å²) in [5.74, 6) is -0.0324. The van der Waals surface area contributed by atoms with Crippen LogP contribution in [0.5, 0.6) is 5.75 Å². The summed E-state index contributed by atoms with van der Waals surface area (Å²) >= 11 is 0. The lowest BCUT2D eigenvalue weighted by atomic mass is 9.96. The number of fused-ring (bicyclic) bond motifs is 1. The van der Waals surface area contributed by atoms with Gasteiger partial charge in [-0.05, 0) is 23.8 Å². The van der Waals surface area contributed by atoms with Crippen molar-refractivity contribution in [2.75, 3.05) is 0 Å². The van der Waals surface area contributed by atoms with Crippen LogP contribution in [0.3, 0.4) is 0 Å². The Morgan fingerprint density at radius 2 is 1.89 bits per heavy atom. The smallest absolute Gasteiger partial charge is 0.170 e. The fraction of sp³-hybridized carbons (Fsp3) is 0.133. The molecular formula is C15H11FO2. The third-order valence-corrected chi connectivity index (χ3v) is 3.05. The molecule has 2 aromatic carbocycles. The number of carbonyl (C=O) groups excluding carboxylic acids is 1. The van der Waals surface area contributed by atoms with Crippen molar-refractivity contribution < 1.29 is 13.9 Å². The summed E-state index contributed by atoms with van der Waals surface area (Å²) in [4.78, 5) is 12.0. The first-order valence-electron chi connectivity index (χ1n) is 5.78. The van der Waals surface area contributed by atoms with E-state index in [1.807, 2.05) is 30.3 Å². The fourth-order valence-electron chi connectivity index (χ4n) is 2.15. The maximum absolute atomic E-state index is 13.1. The van der Waals surface area contributed by atoms with E-state index in [0.717, 1.165) is 5.56 Å². The first kappa shape index (κ1) is 11.0. The molecule has 90 valence electrons. The zero-order valence-electron chi connectivity index (χ0n) is 9.60.